The van der Waals surface area contributed by atoms with E-state index in [9.17, 15) is 18.0 Å². The molecule has 1 N–H and O–H groups in total. The first-order valence-corrected chi connectivity index (χ1v) is 10.7. The number of esters is 1. The number of carbonyl (C=O) groups excluding carboxylic acids is 2. The van der Waals surface area contributed by atoms with Gasteiger partial charge in [-0.2, -0.15) is 0 Å². The lowest BCUT2D eigenvalue weighted by Crippen LogP contribution is -2.23. The van der Waals surface area contributed by atoms with Crippen molar-refractivity contribution in [1.82, 2.24) is 4.31 Å². The van der Waals surface area contributed by atoms with Gasteiger partial charge in [-0.1, -0.05) is 6.42 Å². The van der Waals surface area contributed by atoms with Crippen molar-refractivity contribution < 1.29 is 22.7 Å². The summed E-state index contributed by atoms with van der Waals surface area (Å²) < 4.78 is 30.2. The summed E-state index contributed by atoms with van der Waals surface area (Å²) in [7, 11) is -0.599. The van der Waals surface area contributed by atoms with Gasteiger partial charge in [0.05, 0.1) is 4.90 Å². The van der Waals surface area contributed by atoms with Crippen molar-refractivity contribution in [2.24, 2.45) is 17.8 Å². The van der Waals surface area contributed by atoms with Gasteiger partial charge in [0.2, 0.25) is 10.0 Å². The summed E-state index contributed by atoms with van der Waals surface area (Å²) in [6.07, 6.45) is 5.23. The summed E-state index contributed by atoms with van der Waals surface area (Å²) in [4.78, 5) is 24.1. The predicted molar refractivity (Wildman–Crippen MR) is 100 cm³/mol. The minimum atomic E-state index is -3.51. The van der Waals surface area contributed by atoms with Crippen LogP contribution in [0.25, 0.3) is 0 Å². The molecule has 148 valence electrons. The Morgan fingerprint density at radius 3 is 2.41 bits per heavy atom. The Hall–Kier alpha value is -1.93. The number of benzene rings is 1. The monoisotopic (exact) mass is 394 g/mol. The van der Waals surface area contributed by atoms with E-state index >= 15 is 0 Å². The van der Waals surface area contributed by atoms with Gasteiger partial charge in [-0.15, -0.1) is 0 Å². The molecule has 0 saturated heterocycles. The number of ether oxygens (including phenoxy) is 1. The zero-order chi connectivity index (χ0) is 19.6. The molecule has 3 atom stereocenters. The molecule has 0 radical (unpaired) electrons. The van der Waals surface area contributed by atoms with Crippen LogP contribution < -0.4 is 5.32 Å². The molecule has 8 heteroatoms. The third-order valence-corrected chi connectivity index (χ3v) is 7.42. The second-order valence-electron chi connectivity index (χ2n) is 7.66. The summed E-state index contributed by atoms with van der Waals surface area (Å²) >= 11 is 0. The Morgan fingerprint density at radius 1 is 1.15 bits per heavy atom. The molecule has 2 aliphatic carbocycles. The van der Waals surface area contributed by atoms with Crippen LogP contribution in [0.5, 0.6) is 0 Å². The first-order chi connectivity index (χ1) is 12.8. The Labute approximate surface area is 160 Å². The molecule has 2 aliphatic rings. The van der Waals surface area contributed by atoms with Gasteiger partial charge in [0, 0.05) is 26.2 Å². The number of hydrogen-bond acceptors (Lipinski definition) is 5. The first kappa shape index (κ1) is 19.8. The van der Waals surface area contributed by atoms with E-state index in [0.29, 0.717) is 23.9 Å². The largest absolute Gasteiger partial charge is 0.456 e. The third kappa shape index (κ3) is 4.68. The van der Waals surface area contributed by atoms with Crippen LogP contribution in [0.3, 0.4) is 0 Å². The summed E-state index contributed by atoms with van der Waals surface area (Å²) in [6.45, 7) is -0.336. The predicted octanol–water partition coefficient (Wildman–Crippen LogP) is 2.24. The van der Waals surface area contributed by atoms with Gasteiger partial charge in [0.25, 0.3) is 5.91 Å². The summed E-state index contributed by atoms with van der Waals surface area (Å²) in [5.74, 6) is 1.06. The fraction of sp³-hybridized carbons (Fsp3) is 0.579. The van der Waals surface area contributed by atoms with E-state index in [-0.39, 0.29) is 17.5 Å². The highest BCUT2D eigenvalue weighted by atomic mass is 32.2. The van der Waals surface area contributed by atoms with Gasteiger partial charge < -0.3 is 10.1 Å². The van der Waals surface area contributed by atoms with Gasteiger partial charge in [0.1, 0.15) is 0 Å². The summed E-state index contributed by atoms with van der Waals surface area (Å²) in [5.41, 5.74) is 0.446. The van der Waals surface area contributed by atoms with Crippen molar-refractivity contribution in [3.05, 3.63) is 24.3 Å². The van der Waals surface area contributed by atoms with Crippen molar-refractivity contribution in [3.63, 3.8) is 0 Å². The number of fused-ring (bicyclic) bond motifs is 2. The lowest BCUT2D eigenvalue weighted by atomic mass is 9.86. The molecule has 0 spiro atoms. The van der Waals surface area contributed by atoms with E-state index in [4.69, 9.17) is 4.74 Å². The van der Waals surface area contributed by atoms with Crippen molar-refractivity contribution in [3.8, 4) is 0 Å². The van der Waals surface area contributed by atoms with E-state index < -0.39 is 15.9 Å². The zero-order valence-corrected chi connectivity index (χ0v) is 16.5. The molecule has 0 aromatic heterocycles. The van der Waals surface area contributed by atoms with Gasteiger partial charge >= 0.3 is 5.97 Å². The topological polar surface area (TPSA) is 92.8 Å². The molecule has 1 aromatic rings. The van der Waals surface area contributed by atoms with Gasteiger partial charge in [-0.25, -0.2) is 12.7 Å². The summed E-state index contributed by atoms with van der Waals surface area (Å²) in [5, 5.41) is 2.60. The Balaban J connectivity index is 1.44. The second-order valence-corrected chi connectivity index (χ2v) is 9.81. The molecule has 1 amide bonds. The third-order valence-electron chi connectivity index (χ3n) is 5.59. The fourth-order valence-electron chi connectivity index (χ4n) is 4.16. The van der Waals surface area contributed by atoms with Crippen LogP contribution in [0.2, 0.25) is 0 Å². The van der Waals surface area contributed by atoms with Crippen LogP contribution in [-0.2, 0) is 24.3 Å². The minimum Gasteiger partial charge on any atom is -0.456 e. The molecule has 0 aliphatic heterocycles. The van der Waals surface area contributed by atoms with E-state index in [0.717, 1.165) is 16.6 Å². The minimum absolute atomic E-state index is 0.141. The van der Waals surface area contributed by atoms with Crippen molar-refractivity contribution in [2.45, 2.75) is 37.0 Å². The van der Waals surface area contributed by atoms with E-state index in [1.54, 1.807) is 0 Å². The van der Waals surface area contributed by atoms with E-state index in [1.807, 2.05) is 0 Å². The maximum absolute atomic E-state index is 12.0. The van der Waals surface area contributed by atoms with Crippen LogP contribution in [0.1, 0.15) is 32.1 Å². The number of rotatable bonds is 7. The lowest BCUT2D eigenvalue weighted by molar-refractivity contribution is -0.148. The quantitative estimate of drug-likeness (QED) is 0.716. The maximum Gasteiger partial charge on any atom is 0.306 e. The molecule has 0 heterocycles. The van der Waals surface area contributed by atoms with Crippen LogP contribution in [0, 0.1) is 17.8 Å². The van der Waals surface area contributed by atoms with Crippen molar-refractivity contribution in [2.75, 3.05) is 26.0 Å². The second kappa shape index (κ2) is 7.98. The molecule has 7 nitrogen and oxygen atoms in total. The normalized spacial score (nSPS) is 24.2. The van der Waals surface area contributed by atoms with Crippen molar-refractivity contribution in [1.29, 1.82) is 0 Å². The van der Waals surface area contributed by atoms with Crippen LogP contribution in [0.4, 0.5) is 5.69 Å². The lowest BCUT2D eigenvalue weighted by Gasteiger charge is -2.20. The summed E-state index contributed by atoms with van der Waals surface area (Å²) in [6, 6.07) is 5.86. The first-order valence-electron chi connectivity index (χ1n) is 9.24. The van der Waals surface area contributed by atoms with Crippen molar-refractivity contribution >= 4 is 27.6 Å². The Bertz CT molecular complexity index is 804. The highest BCUT2D eigenvalue weighted by molar-refractivity contribution is 7.89. The molecule has 2 fully saturated rings. The maximum atomic E-state index is 12.0. The smallest absolute Gasteiger partial charge is 0.306 e. The molecule has 1 aromatic carbocycles. The number of carbonyl (C=O) groups is 2. The molecule has 2 bridgehead atoms. The number of nitrogens with zero attached hydrogens (tertiary/aromatic N) is 1. The SMILES string of the molecule is CN(C)S(=O)(=O)c1ccc(NC(=O)COC(=O)C[C@H]2C[C@H]3CC[C@H]2C3)cc1. The molecule has 2 saturated carbocycles. The highest BCUT2D eigenvalue weighted by Crippen LogP contribution is 2.49. The Kier molecular flexibility index (Phi) is 5.86. The number of amides is 1. The van der Waals surface area contributed by atoms with Gasteiger partial charge in [-0.05, 0) is 61.3 Å². The zero-order valence-electron chi connectivity index (χ0n) is 15.7. The van der Waals surface area contributed by atoms with E-state index in [1.165, 1.54) is 57.6 Å². The standard InChI is InChI=1S/C19H26N2O5S/c1-21(2)27(24,25)17-7-5-16(6-8-17)20-18(22)12-26-19(23)11-15-10-13-3-4-14(15)9-13/h5-8,13-15H,3-4,9-12H2,1-2H3,(H,20,22)/t13-,14-,15+/m0/s1. The molecule has 27 heavy (non-hydrogen) atoms. The molecular formula is C19H26N2O5S. The number of nitrogens with one attached hydrogen (secondary N) is 1. The van der Waals surface area contributed by atoms with Gasteiger partial charge in [0.15, 0.2) is 6.61 Å². The van der Waals surface area contributed by atoms with E-state index in [2.05, 4.69) is 5.32 Å². The highest BCUT2D eigenvalue weighted by Gasteiger charge is 2.40. The Morgan fingerprint density at radius 2 is 1.85 bits per heavy atom. The van der Waals surface area contributed by atoms with Crippen LogP contribution >= 0.6 is 0 Å². The number of anilines is 1. The van der Waals surface area contributed by atoms with Crippen LogP contribution in [0.15, 0.2) is 29.2 Å². The fourth-order valence-corrected chi connectivity index (χ4v) is 5.07. The van der Waals surface area contributed by atoms with Crippen LogP contribution in [-0.4, -0.2) is 45.3 Å². The van der Waals surface area contributed by atoms with Gasteiger partial charge in [-0.3, -0.25) is 9.59 Å². The average molecular weight is 394 g/mol. The average Bonchev–Trinajstić information content (AvgIpc) is 3.23. The number of sulfonamides is 1. The molecular weight excluding hydrogens is 368 g/mol. The molecule has 3 rings (SSSR count). The molecule has 0 unspecified atom stereocenters. The number of hydrogen-bond donors (Lipinski definition) is 1.